The van der Waals surface area contributed by atoms with E-state index in [9.17, 15) is 0 Å². The first-order chi connectivity index (χ1) is 46.8. The molecule has 620 valence electrons. The molecular weight excluding hydrogens is 3170 g/mol. The fraction of sp³-hybridized carbons (Fsp3) is 1.00. The molecule has 56 unspecified atom stereocenters. The van der Waals surface area contributed by atoms with E-state index in [0.717, 1.165) is 0 Å². The largest absolute Gasteiger partial charge is 0.102 e. The van der Waals surface area contributed by atoms with Crippen molar-refractivity contribution < 1.29 is 0 Å². The first-order valence-electron chi connectivity index (χ1n) is 23.6. The number of rotatable bonds is 49. The zero-order chi connectivity index (χ0) is 81.8. The highest BCUT2D eigenvalue weighted by atomic mass is 33.5. The highest BCUT2D eigenvalue weighted by Crippen LogP contribution is 3.52. The van der Waals surface area contributed by atoms with Gasteiger partial charge in [-0.2, -0.15) is 0 Å². The Kier molecular flexibility index (Phi) is 113. The molecule has 56 atom stereocenters. The van der Waals surface area contributed by atoms with E-state index < -0.39 is 344 Å². The maximum atomic E-state index is 4.10. The van der Waals surface area contributed by atoms with Crippen LogP contribution in [0.1, 0.15) is 0 Å². The molecule has 0 N–H and O–H groups in total. The zero-order valence-electron chi connectivity index (χ0n) is 53.0. The Bertz CT molecular complexity index is 1780. The second-order valence-electron chi connectivity index (χ2n) is 16.8. The highest BCUT2D eigenvalue weighted by molar-refractivity contribution is 9.48. The number of hydrogen-bond acceptors (Lipinski definition) is 0. The second kappa shape index (κ2) is 79.0. The molecule has 102 heteroatoms. The molecule has 0 amide bonds. The Morgan fingerprint density at radius 3 is 0.262 bits per heavy atom. The maximum Gasteiger partial charge on any atom is 0.0860 e. The Labute approximate surface area is 807 Å². The van der Waals surface area contributed by atoms with Gasteiger partial charge in [0, 0.05) is 0 Å². The van der Waals surface area contributed by atoms with Crippen molar-refractivity contribution in [3.05, 3.63) is 0 Å². The summed E-state index contributed by atoms with van der Waals surface area (Å²) in [6, 6.07) is 0. The van der Waals surface area contributed by atoms with E-state index in [1.54, 1.807) is 0 Å². The standard InChI is InChI=1S/CH106P102/c2-59(3)85(54)88(64(12)13)56(89(94(65(14)15)66(16)17)95(67(18)19)68(20)21)1(55(86(60(4)5)61(6)7)87(62(8)9)63(10)11,57(90(96(69(22)23)70(24)25)97(71(26)27)72(28)29)91(98(73(30)31)74(32)33)99(75(34)35)76(36)37)58(92(100(77(38)39)78(40)41)101(79(42)43)80(44)45)93(102(81(46)47)82(48)49)103(83(50)51)84(52)53/h2-54H2. The molecule has 0 heterocycles. The lowest BCUT2D eigenvalue weighted by Crippen LogP contribution is -2.15. The average molecular weight is 3280 g/mol. The lowest BCUT2D eigenvalue weighted by molar-refractivity contribution is 1.87. The Morgan fingerprint density at radius 2 is 0.175 bits per heavy atom. The summed E-state index contributed by atoms with van der Waals surface area (Å²) in [5.41, 5.74) is 0. The van der Waals surface area contributed by atoms with Crippen LogP contribution in [0.25, 0.3) is 0 Å². The summed E-state index contributed by atoms with van der Waals surface area (Å²) in [4.78, 5) is 0. The molecule has 0 aliphatic carbocycles. The molecule has 0 aliphatic heterocycles. The molecule has 0 fully saturated rings. The molecule has 0 aromatic heterocycles. The van der Waals surface area contributed by atoms with Gasteiger partial charge in [-0.25, -0.2) is 0 Å². The lowest BCUT2D eigenvalue weighted by atomic mass is 11.8. The van der Waals surface area contributed by atoms with Gasteiger partial charge in [0.15, 0.2) is 0 Å². The van der Waals surface area contributed by atoms with Crippen LogP contribution in [0.3, 0.4) is 0 Å². The van der Waals surface area contributed by atoms with Crippen molar-refractivity contribution in [2.45, 2.75) is 4.38 Å². The van der Waals surface area contributed by atoms with Crippen molar-refractivity contribution in [3.8, 4) is 0 Å². The summed E-state index contributed by atoms with van der Waals surface area (Å²) in [7, 11) is 202. The van der Waals surface area contributed by atoms with Gasteiger partial charge >= 0.3 is 0 Å². The predicted octanol–water partition coefficient (Wildman–Crippen LogP) is 59.3. The monoisotopic (exact) mass is 3280 g/mol. The summed E-state index contributed by atoms with van der Waals surface area (Å²) < 4.78 is 0.165. The molecule has 103 heavy (non-hydrogen) atoms. The van der Waals surface area contributed by atoms with Crippen molar-refractivity contribution in [2.75, 3.05) is 0 Å². The van der Waals surface area contributed by atoms with Crippen LogP contribution in [0.15, 0.2) is 0 Å². The van der Waals surface area contributed by atoms with Crippen molar-refractivity contribution in [1.29, 1.82) is 0 Å². The molecule has 0 radical (unpaired) electrons. The fourth-order valence-electron chi connectivity index (χ4n) is 6.89. The topological polar surface area (TPSA) is 0 Å². The van der Waals surface area contributed by atoms with Crippen LogP contribution >= 0.6 is 817 Å². The highest BCUT2D eigenvalue weighted by Gasteiger charge is 2.77. The quantitative estimate of drug-likeness (QED) is 0.0533. The summed E-state index contributed by atoms with van der Waals surface area (Å²) in [5.74, 6) is 0. The van der Waals surface area contributed by atoms with Crippen LogP contribution in [0, 0.1) is 0 Å². The van der Waals surface area contributed by atoms with Gasteiger partial charge in [-0.15, -0.1) is 473 Å². The molecule has 0 aliphatic rings. The Morgan fingerprint density at radius 1 is 0.0874 bits per heavy atom. The fourth-order valence-corrected chi connectivity index (χ4v) is 1330. The molecular formula is CH106P102. The average Bonchev–Trinajstić information content (AvgIpc) is 3.41. The van der Waals surface area contributed by atoms with Gasteiger partial charge in [0.25, 0.3) is 0 Å². The van der Waals surface area contributed by atoms with Crippen LogP contribution in [-0.4, -0.2) is 4.38 Å². The van der Waals surface area contributed by atoms with Crippen molar-refractivity contribution in [2.24, 2.45) is 0 Å². The van der Waals surface area contributed by atoms with Crippen LogP contribution < -0.4 is 0 Å². The second-order valence-corrected chi connectivity index (χ2v) is 428. The molecule has 0 saturated heterocycles. The van der Waals surface area contributed by atoms with E-state index in [4.69, 9.17) is 0 Å². The molecule has 0 aromatic carbocycles. The summed E-state index contributed by atoms with van der Waals surface area (Å²) in [6.07, 6.45) is 0. The molecule has 0 aromatic rings. The van der Waals surface area contributed by atoms with E-state index in [1.165, 1.54) is 0 Å². The Balaban J connectivity index is 15.9. The van der Waals surface area contributed by atoms with E-state index in [2.05, 4.69) is 473 Å². The van der Waals surface area contributed by atoms with E-state index in [-0.39, 0.29) is 4.38 Å². The van der Waals surface area contributed by atoms with Gasteiger partial charge in [-0.3, -0.25) is 0 Å². The predicted molar refractivity (Wildman–Crippen MR) is 856 cm³/mol. The minimum Gasteiger partial charge on any atom is -0.102 e. The summed E-state index contributed by atoms with van der Waals surface area (Å²) in [6.45, 7) is -24.5. The van der Waals surface area contributed by atoms with Crippen molar-refractivity contribution in [1.82, 2.24) is 0 Å². The third-order valence-corrected chi connectivity index (χ3v) is 682. The van der Waals surface area contributed by atoms with E-state index in [1.807, 2.05) is 0 Å². The smallest absolute Gasteiger partial charge is 0.0860 e. The molecule has 0 rings (SSSR count). The minimum absolute atomic E-state index is 0.165. The van der Waals surface area contributed by atoms with Gasteiger partial charge in [-0.1, -0.05) is 0 Å². The van der Waals surface area contributed by atoms with Crippen LogP contribution in [0.2, 0.25) is 0 Å². The number of hydrogen-bond donors (Lipinski definition) is 0. The lowest BCUT2D eigenvalue weighted by Gasteiger charge is -2.72. The van der Waals surface area contributed by atoms with E-state index >= 15 is 0 Å². The first-order valence-corrected chi connectivity index (χ1v) is 207. The summed E-state index contributed by atoms with van der Waals surface area (Å²) >= 11 is 0. The van der Waals surface area contributed by atoms with Crippen LogP contribution in [0.4, 0.5) is 0 Å². The Hall–Kier alpha value is 43.9. The summed E-state index contributed by atoms with van der Waals surface area (Å²) in [5, 5.41) is 0. The van der Waals surface area contributed by atoms with Crippen molar-refractivity contribution in [3.63, 3.8) is 0 Å². The van der Waals surface area contributed by atoms with Gasteiger partial charge in [0.1, 0.15) is 0 Å². The zero-order valence-corrected chi connectivity index (χ0v) is 158. The molecule has 0 nitrogen and oxygen atoms in total. The maximum absolute atomic E-state index is 4.10. The van der Waals surface area contributed by atoms with Crippen molar-refractivity contribution >= 4 is 817 Å². The van der Waals surface area contributed by atoms with Gasteiger partial charge < -0.3 is 0 Å². The normalized spacial score (nSPS) is 15.6. The molecule has 0 saturated carbocycles. The van der Waals surface area contributed by atoms with Crippen LogP contribution in [-0.2, 0) is 0 Å². The molecule has 0 spiro atoms. The van der Waals surface area contributed by atoms with Gasteiger partial charge in [-0.05, 0) is 344 Å². The third-order valence-electron chi connectivity index (χ3n) is 9.61. The van der Waals surface area contributed by atoms with Gasteiger partial charge in [0.05, 0.1) is 4.38 Å². The minimum atomic E-state index is -0.829. The third kappa shape index (κ3) is 49.1. The molecule has 0 bridgehead atoms. The van der Waals surface area contributed by atoms with Crippen LogP contribution in [0.5, 0.6) is 0 Å². The van der Waals surface area contributed by atoms with E-state index in [0.29, 0.717) is 0 Å². The van der Waals surface area contributed by atoms with Gasteiger partial charge in [0.2, 0.25) is 0 Å². The SMILES string of the molecule is PP(P)P(P)P(P(P)P)P(P(P(P(P)P)P(P)P)P(P(P)P)P(P)P)C(P(P(P(P)P)P(P)P)P(P(P)P)P(P)P)(P(P(P(P(P)P)P(P)P)P(P(P)P)P(P)P)P(P(P(P)P)P(P)P)P(P(P)P)P(P)P)P(P(P(P(P)P)P(P)P)P(P(P)P)P(P)P)P(P(P(P)P)P(P)P)P(P(P)P)P(P)P. The first kappa shape index (κ1) is 147.